The van der Waals surface area contributed by atoms with Crippen LogP contribution in [-0.2, 0) is 11.8 Å². The van der Waals surface area contributed by atoms with Gasteiger partial charge in [-0.25, -0.2) is 4.98 Å². The maximum atomic E-state index is 12.7. The van der Waals surface area contributed by atoms with Crippen molar-refractivity contribution in [3.8, 4) is 0 Å². The summed E-state index contributed by atoms with van der Waals surface area (Å²) < 4.78 is 1.92. The van der Waals surface area contributed by atoms with Gasteiger partial charge in [0.2, 0.25) is 5.91 Å². The zero-order chi connectivity index (χ0) is 19.3. The van der Waals surface area contributed by atoms with E-state index in [2.05, 4.69) is 28.5 Å². The van der Waals surface area contributed by atoms with E-state index >= 15 is 0 Å². The van der Waals surface area contributed by atoms with Gasteiger partial charge in [-0.1, -0.05) is 72.8 Å². The molecule has 0 saturated carbocycles. The standard InChI is InChI=1S/C24H21N3O/c1-27-17-16-25-24(27)23(20-9-3-2-4-10-20)26-22(28)15-14-19-12-7-11-18-8-5-6-13-21(18)19/h2-17,23H,1H3,(H,26,28)/b15-14+. The molecule has 28 heavy (non-hydrogen) atoms. The van der Waals surface area contributed by atoms with Gasteiger partial charge in [0, 0.05) is 25.5 Å². The van der Waals surface area contributed by atoms with Gasteiger partial charge in [0.25, 0.3) is 0 Å². The third-order valence-corrected chi connectivity index (χ3v) is 4.77. The molecule has 4 heteroatoms. The molecule has 1 N–H and O–H groups in total. The molecule has 138 valence electrons. The molecule has 4 rings (SSSR count). The maximum Gasteiger partial charge on any atom is 0.244 e. The summed E-state index contributed by atoms with van der Waals surface area (Å²) in [6.45, 7) is 0. The summed E-state index contributed by atoms with van der Waals surface area (Å²) in [6, 6.07) is 23.8. The lowest BCUT2D eigenvalue weighted by Gasteiger charge is -2.18. The van der Waals surface area contributed by atoms with Gasteiger partial charge >= 0.3 is 0 Å². The zero-order valence-electron chi connectivity index (χ0n) is 15.6. The van der Waals surface area contributed by atoms with E-state index in [1.54, 1.807) is 12.3 Å². The van der Waals surface area contributed by atoms with E-state index in [1.807, 2.05) is 78.5 Å². The lowest BCUT2D eigenvalue weighted by atomic mass is 10.0. The number of hydrogen-bond acceptors (Lipinski definition) is 2. The average molecular weight is 367 g/mol. The van der Waals surface area contributed by atoms with Crippen LogP contribution in [0.15, 0.2) is 91.3 Å². The Kier molecular flexibility index (Phi) is 5.02. The number of fused-ring (bicyclic) bond motifs is 1. The van der Waals surface area contributed by atoms with Crippen LogP contribution in [-0.4, -0.2) is 15.5 Å². The minimum absolute atomic E-state index is 0.162. The van der Waals surface area contributed by atoms with Gasteiger partial charge < -0.3 is 9.88 Å². The second-order valence-electron chi connectivity index (χ2n) is 6.65. The van der Waals surface area contributed by atoms with Crippen LogP contribution in [0, 0.1) is 0 Å². The van der Waals surface area contributed by atoms with Crippen LogP contribution in [0.2, 0.25) is 0 Å². The molecule has 1 unspecified atom stereocenters. The molecule has 0 bridgehead atoms. The van der Waals surface area contributed by atoms with Crippen molar-refractivity contribution in [3.63, 3.8) is 0 Å². The van der Waals surface area contributed by atoms with Crippen molar-refractivity contribution in [2.45, 2.75) is 6.04 Å². The molecule has 3 aromatic carbocycles. The number of amides is 1. The zero-order valence-corrected chi connectivity index (χ0v) is 15.6. The van der Waals surface area contributed by atoms with E-state index in [1.165, 1.54) is 0 Å². The van der Waals surface area contributed by atoms with Gasteiger partial charge in [0.15, 0.2) is 0 Å². The predicted octanol–water partition coefficient (Wildman–Crippen LogP) is 4.49. The molecule has 1 atom stereocenters. The third-order valence-electron chi connectivity index (χ3n) is 4.77. The van der Waals surface area contributed by atoms with E-state index in [4.69, 9.17) is 0 Å². The van der Waals surface area contributed by atoms with E-state index < -0.39 is 0 Å². The second kappa shape index (κ2) is 7.92. The minimum atomic E-state index is -0.314. The summed E-state index contributed by atoms with van der Waals surface area (Å²) in [6.07, 6.45) is 7.06. The summed E-state index contributed by atoms with van der Waals surface area (Å²) in [5.74, 6) is 0.628. The van der Waals surface area contributed by atoms with Crippen molar-refractivity contribution < 1.29 is 4.79 Å². The topological polar surface area (TPSA) is 46.9 Å². The van der Waals surface area contributed by atoms with Crippen molar-refractivity contribution in [2.75, 3.05) is 0 Å². The smallest absolute Gasteiger partial charge is 0.244 e. The highest BCUT2D eigenvalue weighted by atomic mass is 16.1. The molecule has 0 radical (unpaired) electrons. The molecule has 1 aromatic heterocycles. The number of carbonyl (C=O) groups excluding carboxylic acids is 1. The Balaban J connectivity index is 1.60. The van der Waals surface area contributed by atoms with Gasteiger partial charge in [0.05, 0.1) is 0 Å². The van der Waals surface area contributed by atoms with E-state index in [0.717, 1.165) is 27.7 Å². The first-order valence-electron chi connectivity index (χ1n) is 9.21. The summed E-state index contributed by atoms with van der Waals surface area (Å²) in [4.78, 5) is 17.1. The van der Waals surface area contributed by atoms with Crippen molar-refractivity contribution >= 4 is 22.8 Å². The Morgan fingerprint density at radius 3 is 2.54 bits per heavy atom. The first-order chi connectivity index (χ1) is 13.7. The normalized spacial score (nSPS) is 12.3. The van der Waals surface area contributed by atoms with Gasteiger partial charge in [-0.3, -0.25) is 4.79 Å². The lowest BCUT2D eigenvalue weighted by Crippen LogP contribution is -2.29. The number of rotatable bonds is 5. The summed E-state index contributed by atoms with van der Waals surface area (Å²) in [5, 5.41) is 5.36. The number of nitrogens with one attached hydrogen (secondary N) is 1. The molecule has 4 aromatic rings. The molecule has 0 fully saturated rings. The van der Waals surface area contributed by atoms with Crippen molar-refractivity contribution in [1.29, 1.82) is 0 Å². The van der Waals surface area contributed by atoms with Crippen molar-refractivity contribution in [3.05, 3.63) is 108 Å². The Labute approximate surface area is 164 Å². The van der Waals surface area contributed by atoms with Crippen LogP contribution in [0.25, 0.3) is 16.8 Å². The fourth-order valence-electron chi connectivity index (χ4n) is 3.35. The largest absolute Gasteiger partial charge is 0.339 e. The van der Waals surface area contributed by atoms with E-state index in [9.17, 15) is 4.79 Å². The fourth-order valence-corrected chi connectivity index (χ4v) is 3.35. The summed E-state index contributed by atoms with van der Waals surface area (Å²) in [5.41, 5.74) is 2.00. The van der Waals surface area contributed by atoms with E-state index in [-0.39, 0.29) is 11.9 Å². The number of aryl methyl sites for hydroxylation is 1. The van der Waals surface area contributed by atoms with Crippen LogP contribution in [0.1, 0.15) is 23.0 Å². The highest BCUT2D eigenvalue weighted by Gasteiger charge is 2.19. The summed E-state index contributed by atoms with van der Waals surface area (Å²) >= 11 is 0. The molecule has 0 spiro atoms. The van der Waals surface area contributed by atoms with Gasteiger partial charge in [0.1, 0.15) is 11.9 Å². The van der Waals surface area contributed by atoms with Crippen LogP contribution in [0.3, 0.4) is 0 Å². The highest BCUT2D eigenvalue weighted by molar-refractivity contribution is 5.96. The number of imidazole rings is 1. The molecule has 4 nitrogen and oxygen atoms in total. The number of benzene rings is 3. The van der Waals surface area contributed by atoms with Crippen LogP contribution in [0.5, 0.6) is 0 Å². The first kappa shape index (κ1) is 17.7. The fraction of sp³-hybridized carbons (Fsp3) is 0.0833. The Morgan fingerprint density at radius 2 is 1.75 bits per heavy atom. The molecule has 0 aliphatic heterocycles. The highest BCUT2D eigenvalue weighted by Crippen LogP contribution is 2.21. The monoisotopic (exact) mass is 367 g/mol. The molecule has 0 aliphatic carbocycles. The predicted molar refractivity (Wildman–Crippen MR) is 113 cm³/mol. The first-order valence-corrected chi connectivity index (χ1v) is 9.21. The van der Waals surface area contributed by atoms with Gasteiger partial charge in [-0.05, 0) is 28.0 Å². The number of hydrogen-bond donors (Lipinski definition) is 1. The second-order valence-corrected chi connectivity index (χ2v) is 6.65. The van der Waals surface area contributed by atoms with Gasteiger partial charge in [-0.2, -0.15) is 0 Å². The van der Waals surface area contributed by atoms with Gasteiger partial charge in [-0.15, -0.1) is 0 Å². The van der Waals surface area contributed by atoms with Crippen molar-refractivity contribution in [2.24, 2.45) is 7.05 Å². The van der Waals surface area contributed by atoms with Crippen LogP contribution < -0.4 is 5.32 Å². The van der Waals surface area contributed by atoms with Crippen LogP contribution in [0.4, 0.5) is 0 Å². The lowest BCUT2D eigenvalue weighted by molar-refractivity contribution is -0.117. The van der Waals surface area contributed by atoms with Crippen LogP contribution >= 0.6 is 0 Å². The summed E-state index contributed by atoms with van der Waals surface area (Å²) in [7, 11) is 1.93. The Hall–Kier alpha value is -3.66. The number of nitrogens with zero attached hydrogens (tertiary/aromatic N) is 2. The quantitative estimate of drug-likeness (QED) is 0.528. The molecule has 1 heterocycles. The maximum absolute atomic E-state index is 12.7. The average Bonchev–Trinajstić information content (AvgIpc) is 3.16. The molecule has 1 amide bonds. The van der Waals surface area contributed by atoms with E-state index in [0.29, 0.717) is 0 Å². The number of aromatic nitrogens is 2. The molecule has 0 aliphatic rings. The van der Waals surface area contributed by atoms with Crippen molar-refractivity contribution in [1.82, 2.24) is 14.9 Å². The Morgan fingerprint density at radius 1 is 1.00 bits per heavy atom. The molecule has 0 saturated heterocycles. The number of carbonyl (C=O) groups is 1. The molecular formula is C24H21N3O. The SMILES string of the molecule is Cn1ccnc1C(NC(=O)/C=C/c1cccc2ccccc12)c1ccccc1. The Bertz CT molecular complexity index is 1120. The third kappa shape index (κ3) is 3.71. The molecular weight excluding hydrogens is 346 g/mol. The minimum Gasteiger partial charge on any atom is -0.339 e.